The van der Waals surface area contributed by atoms with E-state index in [0.717, 1.165) is 12.5 Å². The monoisotopic (exact) mass is 251 g/mol. The Hall–Kier alpha value is -0.730. The smallest absolute Gasteiger partial charge is 0.196 e. The molecule has 3 heteroatoms. The van der Waals surface area contributed by atoms with Crippen molar-refractivity contribution in [3.8, 4) is 0 Å². The van der Waals surface area contributed by atoms with Crippen LogP contribution in [0.3, 0.4) is 0 Å². The molecule has 0 spiro atoms. The Labute approximate surface area is 112 Å². The lowest BCUT2D eigenvalue weighted by Crippen LogP contribution is -2.42. The molecule has 0 amide bonds. The highest BCUT2D eigenvalue weighted by Crippen LogP contribution is 2.27. The molecule has 2 rings (SSSR count). The van der Waals surface area contributed by atoms with Crippen LogP contribution >= 0.6 is 0 Å². The van der Waals surface area contributed by atoms with Crippen LogP contribution < -0.4 is 0 Å². The molecule has 1 atom stereocenters. The first kappa shape index (κ1) is 13.7. The van der Waals surface area contributed by atoms with Crippen molar-refractivity contribution < 1.29 is 0 Å². The van der Waals surface area contributed by atoms with E-state index in [1.807, 2.05) is 0 Å². The fourth-order valence-corrected chi connectivity index (χ4v) is 3.35. The number of nitrogens with zero attached hydrogens (tertiary/aromatic N) is 3. The van der Waals surface area contributed by atoms with Gasteiger partial charge in [0.05, 0.1) is 6.54 Å². The molecule has 0 aromatic rings. The molecule has 0 N–H and O–H groups in total. The summed E-state index contributed by atoms with van der Waals surface area (Å²) >= 11 is 0. The fraction of sp³-hybridized carbons (Fsp3) is 0.933. The highest BCUT2D eigenvalue weighted by Gasteiger charge is 2.25. The number of rotatable bonds is 4. The normalized spacial score (nSPS) is 25.4. The first-order valence-electron chi connectivity index (χ1n) is 7.67. The van der Waals surface area contributed by atoms with Crippen LogP contribution in [0.1, 0.15) is 51.9 Å². The van der Waals surface area contributed by atoms with E-state index in [-0.39, 0.29) is 0 Å². The van der Waals surface area contributed by atoms with E-state index in [1.165, 1.54) is 57.5 Å². The molecule has 1 aliphatic heterocycles. The zero-order valence-corrected chi connectivity index (χ0v) is 12.4. The molecule has 0 saturated heterocycles. The second-order valence-electron chi connectivity index (χ2n) is 6.22. The summed E-state index contributed by atoms with van der Waals surface area (Å²) in [7, 11) is 4.20. The Morgan fingerprint density at radius 2 is 1.94 bits per heavy atom. The Morgan fingerprint density at radius 1 is 1.22 bits per heavy atom. The lowest BCUT2D eigenvalue weighted by Gasteiger charge is -2.30. The van der Waals surface area contributed by atoms with E-state index in [2.05, 4.69) is 35.8 Å². The maximum absolute atomic E-state index is 4.63. The highest BCUT2D eigenvalue weighted by molar-refractivity contribution is 5.81. The molecule has 1 heterocycles. The molecule has 1 aliphatic carbocycles. The van der Waals surface area contributed by atoms with Crippen LogP contribution in [0.15, 0.2) is 4.99 Å². The van der Waals surface area contributed by atoms with Crippen molar-refractivity contribution in [1.82, 2.24) is 9.80 Å². The molecule has 0 radical (unpaired) electrons. The summed E-state index contributed by atoms with van der Waals surface area (Å²) in [6.07, 6.45) is 10.1. The summed E-state index contributed by atoms with van der Waals surface area (Å²) in [5.41, 5.74) is 0. The zero-order chi connectivity index (χ0) is 13.0. The van der Waals surface area contributed by atoms with Crippen molar-refractivity contribution in [3.05, 3.63) is 0 Å². The van der Waals surface area contributed by atoms with Gasteiger partial charge >= 0.3 is 0 Å². The number of guanidine groups is 1. The van der Waals surface area contributed by atoms with Crippen molar-refractivity contribution in [2.45, 2.75) is 57.9 Å². The Balaban J connectivity index is 1.73. The molecule has 0 unspecified atom stereocenters. The molecule has 0 bridgehead atoms. The van der Waals surface area contributed by atoms with Crippen molar-refractivity contribution in [2.75, 3.05) is 27.2 Å². The van der Waals surface area contributed by atoms with Crippen LogP contribution in [0.2, 0.25) is 0 Å². The van der Waals surface area contributed by atoms with E-state index in [9.17, 15) is 0 Å². The Bertz CT molecular complexity index is 279. The molecule has 3 nitrogen and oxygen atoms in total. The van der Waals surface area contributed by atoms with E-state index in [0.29, 0.717) is 6.04 Å². The van der Waals surface area contributed by atoms with Crippen LogP contribution in [-0.2, 0) is 0 Å². The van der Waals surface area contributed by atoms with Gasteiger partial charge in [0.2, 0.25) is 0 Å². The second-order valence-corrected chi connectivity index (χ2v) is 6.22. The summed E-state index contributed by atoms with van der Waals surface area (Å²) in [6.45, 7) is 4.45. The van der Waals surface area contributed by atoms with Crippen molar-refractivity contribution >= 4 is 5.96 Å². The maximum Gasteiger partial charge on any atom is 0.196 e. The van der Waals surface area contributed by atoms with Gasteiger partial charge < -0.3 is 9.80 Å². The highest BCUT2D eigenvalue weighted by atomic mass is 15.4. The van der Waals surface area contributed by atoms with Gasteiger partial charge in [0.25, 0.3) is 0 Å². The molecule has 1 fully saturated rings. The quantitative estimate of drug-likeness (QED) is 0.765. The van der Waals surface area contributed by atoms with Gasteiger partial charge in [-0.1, -0.05) is 32.1 Å². The predicted molar refractivity (Wildman–Crippen MR) is 78.0 cm³/mol. The molecule has 0 aromatic heterocycles. The SMILES string of the molecule is C[C@H]1CN=C(N(C)C)N1CCCC1CCCCC1. The molecule has 0 aromatic carbocycles. The summed E-state index contributed by atoms with van der Waals surface area (Å²) in [4.78, 5) is 9.28. The van der Waals surface area contributed by atoms with E-state index in [1.54, 1.807) is 0 Å². The third-order valence-electron chi connectivity index (χ3n) is 4.42. The van der Waals surface area contributed by atoms with E-state index < -0.39 is 0 Å². The lowest BCUT2D eigenvalue weighted by molar-refractivity contribution is 0.286. The summed E-state index contributed by atoms with van der Waals surface area (Å²) in [5.74, 6) is 2.20. The van der Waals surface area contributed by atoms with Crippen LogP contribution in [0, 0.1) is 5.92 Å². The third-order valence-corrected chi connectivity index (χ3v) is 4.42. The Morgan fingerprint density at radius 3 is 2.61 bits per heavy atom. The van der Waals surface area contributed by atoms with E-state index >= 15 is 0 Å². The van der Waals surface area contributed by atoms with Crippen LogP contribution in [0.4, 0.5) is 0 Å². The molecular formula is C15H29N3. The van der Waals surface area contributed by atoms with Gasteiger partial charge in [-0.25, -0.2) is 0 Å². The van der Waals surface area contributed by atoms with Gasteiger partial charge in [-0.2, -0.15) is 0 Å². The molecule has 104 valence electrons. The topological polar surface area (TPSA) is 18.8 Å². The average Bonchev–Trinajstić information content (AvgIpc) is 2.73. The van der Waals surface area contributed by atoms with Crippen LogP contribution in [0.25, 0.3) is 0 Å². The largest absolute Gasteiger partial charge is 0.349 e. The minimum Gasteiger partial charge on any atom is -0.349 e. The minimum absolute atomic E-state index is 0.591. The van der Waals surface area contributed by atoms with Gasteiger partial charge in [0.15, 0.2) is 5.96 Å². The molecule has 2 aliphatic rings. The standard InChI is InChI=1S/C15H29N3/c1-13-12-16-15(17(2)3)18(13)11-7-10-14-8-5-4-6-9-14/h13-14H,4-12H2,1-3H3/t13-/m0/s1. The van der Waals surface area contributed by atoms with Crippen molar-refractivity contribution in [2.24, 2.45) is 10.9 Å². The summed E-state index contributed by atoms with van der Waals surface area (Å²) in [6, 6.07) is 0.591. The summed E-state index contributed by atoms with van der Waals surface area (Å²) < 4.78 is 0. The van der Waals surface area contributed by atoms with Crippen LogP contribution in [-0.4, -0.2) is 49.0 Å². The summed E-state index contributed by atoms with van der Waals surface area (Å²) in [5, 5.41) is 0. The van der Waals surface area contributed by atoms with Gasteiger partial charge in [-0.3, -0.25) is 4.99 Å². The molecule has 1 saturated carbocycles. The van der Waals surface area contributed by atoms with Gasteiger partial charge in [-0.05, 0) is 25.7 Å². The first-order valence-corrected chi connectivity index (χ1v) is 7.67. The van der Waals surface area contributed by atoms with Crippen molar-refractivity contribution in [1.29, 1.82) is 0 Å². The molecular weight excluding hydrogens is 222 g/mol. The Kier molecular flexibility index (Phi) is 4.90. The van der Waals surface area contributed by atoms with Gasteiger partial charge in [-0.15, -0.1) is 0 Å². The van der Waals surface area contributed by atoms with Gasteiger partial charge in [0.1, 0.15) is 0 Å². The lowest BCUT2D eigenvalue weighted by atomic mass is 9.86. The maximum atomic E-state index is 4.63. The minimum atomic E-state index is 0.591. The average molecular weight is 251 g/mol. The van der Waals surface area contributed by atoms with Gasteiger partial charge in [0, 0.05) is 26.7 Å². The second kappa shape index (κ2) is 6.44. The zero-order valence-electron chi connectivity index (χ0n) is 12.4. The molecule has 18 heavy (non-hydrogen) atoms. The number of aliphatic imine (C=N–C) groups is 1. The fourth-order valence-electron chi connectivity index (χ4n) is 3.35. The third kappa shape index (κ3) is 3.39. The van der Waals surface area contributed by atoms with E-state index in [4.69, 9.17) is 0 Å². The first-order chi connectivity index (χ1) is 8.68. The predicted octanol–water partition coefficient (Wildman–Crippen LogP) is 2.97. The van der Waals surface area contributed by atoms with Crippen LogP contribution in [0.5, 0.6) is 0 Å². The number of hydrogen-bond donors (Lipinski definition) is 0. The number of hydrogen-bond acceptors (Lipinski definition) is 3. The van der Waals surface area contributed by atoms with Crippen molar-refractivity contribution in [3.63, 3.8) is 0 Å².